The number of amides is 1. The van der Waals surface area contributed by atoms with E-state index in [0.29, 0.717) is 5.92 Å². The van der Waals surface area contributed by atoms with Crippen LogP contribution in [-0.4, -0.2) is 25.0 Å². The number of carbonyl (C=O) groups is 1. The molecule has 1 aliphatic heterocycles. The maximum Gasteiger partial charge on any atom is 0.226 e. The molecule has 0 bridgehead atoms. The normalized spacial score (nSPS) is 22.2. The molecule has 2 N–H and O–H groups in total. The summed E-state index contributed by atoms with van der Waals surface area (Å²) < 4.78 is 0. The van der Waals surface area contributed by atoms with E-state index in [1.165, 1.54) is 5.56 Å². The van der Waals surface area contributed by atoms with Gasteiger partial charge < -0.3 is 10.6 Å². The van der Waals surface area contributed by atoms with Crippen molar-refractivity contribution >= 4 is 18.3 Å². The Morgan fingerprint density at radius 2 is 2.00 bits per heavy atom. The molecule has 2 unspecified atom stereocenters. The largest absolute Gasteiger partial charge is 0.351 e. The van der Waals surface area contributed by atoms with Gasteiger partial charge in [-0.25, -0.2) is 0 Å². The Hall–Kier alpha value is -1.06. The van der Waals surface area contributed by atoms with Crippen molar-refractivity contribution < 1.29 is 4.79 Å². The van der Waals surface area contributed by atoms with Crippen LogP contribution in [-0.2, 0) is 11.2 Å². The van der Waals surface area contributed by atoms with Crippen molar-refractivity contribution in [1.29, 1.82) is 0 Å². The van der Waals surface area contributed by atoms with Gasteiger partial charge in [0.05, 0.1) is 0 Å². The minimum absolute atomic E-state index is 0. The lowest BCUT2D eigenvalue weighted by Crippen LogP contribution is -2.53. The Balaban J connectivity index is 0.00000220. The van der Waals surface area contributed by atoms with Crippen LogP contribution in [0.1, 0.15) is 32.8 Å². The van der Waals surface area contributed by atoms with E-state index < -0.39 is 0 Å². The van der Waals surface area contributed by atoms with Crippen molar-refractivity contribution in [2.24, 2.45) is 11.3 Å². The van der Waals surface area contributed by atoms with Crippen molar-refractivity contribution in [2.75, 3.05) is 13.1 Å². The second-order valence-corrected chi connectivity index (χ2v) is 6.60. The summed E-state index contributed by atoms with van der Waals surface area (Å²) in [6.45, 7) is 8.21. The molecule has 0 aromatic heterocycles. The highest BCUT2D eigenvalue weighted by atomic mass is 35.5. The smallest absolute Gasteiger partial charge is 0.226 e. The van der Waals surface area contributed by atoms with Gasteiger partial charge in [-0.15, -0.1) is 12.4 Å². The molecule has 0 saturated carbocycles. The van der Waals surface area contributed by atoms with E-state index in [0.717, 1.165) is 25.9 Å². The summed E-state index contributed by atoms with van der Waals surface area (Å²) >= 11 is 0. The Bertz CT molecular complexity index is 447. The van der Waals surface area contributed by atoms with Gasteiger partial charge in [-0.05, 0) is 30.9 Å². The van der Waals surface area contributed by atoms with Crippen LogP contribution < -0.4 is 10.6 Å². The molecule has 4 heteroatoms. The summed E-state index contributed by atoms with van der Waals surface area (Å²) in [5.41, 5.74) is 0.834. The molecule has 1 fully saturated rings. The van der Waals surface area contributed by atoms with E-state index in [1.54, 1.807) is 0 Å². The third-order valence-electron chi connectivity index (χ3n) is 4.25. The standard InChI is InChI=1S/C17H26N2O.ClH/c1-13-9-10-18-12-15(13)19-16(20)17(2,3)11-14-7-5-4-6-8-14;/h4-8,13,15,18H,9-12H2,1-3H3,(H,19,20);1H. The maximum absolute atomic E-state index is 12.5. The van der Waals surface area contributed by atoms with Crippen LogP contribution in [0.25, 0.3) is 0 Å². The molecule has 1 aromatic rings. The lowest BCUT2D eigenvalue weighted by molar-refractivity contribution is -0.130. The SMILES string of the molecule is CC1CCNCC1NC(=O)C(C)(C)Cc1ccccc1.Cl. The monoisotopic (exact) mass is 310 g/mol. The zero-order valence-electron chi connectivity index (χ0n) is 13.2. The summed E-state index contributed by atoms with van der Waals surface area (Å²) in [6.07, 6.45) is 1.90. The molecule has 0 radical (unpaired) electrons. The fraction of sp³-hybridized carbons (Fsp3) is 0.588. The number of piperidine rings is 1. The minimum Gasteiger partial charge on any atom is -0.351 e. The van der Waals surface area contributed by atoms with Crippen LogP contribution in [0.15, 0.2) is 30.3 Å². The maximum atomic E-state index is 12.5. The second kappa shape index (κ2) is 7.81. The quantitative estimate of drug-likeness (QED) is 0.898. The summed E-state index contributed by atoms with van der Waals surface area (Å²) in [4.78, 5) is 12.5. The molecule has 1 amide bonds. The van der Waals surface area contributed by atoms with Gasteiger partial charge in [0.1, 0.15) is 0 Å². The number of halogens is 1. The highest BCUT2D eigenvalue weighted by molar-refractivity contribution is 5.85. The van der Waals surface area contributed by atoms with Crippen LogP contribution in [0.3, 0.4) is 0 Å². The number of carbonyl (C=O) groups excluding carboxylic acids is 1. The fourth-order valence-corrected chi connectivity index (χ4v) is 2.73. The van der Waals surface area contributed by atoms with E-state index in [4.69, 9.17) is 0 Å². The Morgan fingerprint density at radius 3 is 2.62 bits per heavy atom. The molecule has 118 valence electrons. The second-order valence-electron chi connectivity index (χ2n) is 6.60. The highest BCUT2D eigenvalue weighted by Crippen LogP contribution is 2.23. The number of rotatable bonds is 4. The summed E-state index contributed by atoms with van der Waals surface area (Å²) in [5, 5.41) is 6.58. The van der Waals surface area contributed by atoms with Gasteiger partial charge in [0.15, 0.2) is 0 Å². The number of hydrogen-bond donors (Lipinski definition) is 2. The summed E-state index contributed by atoms with van der Waals surface area (Å²) in [5.74, 6) is 0.703. The van der Waals surface area contributed by atoms with Gasteiger partial charge in [-0.1, -0.05) is 51.1 Å². The topological polar surface area (TPSA) is 41.1 Å². The Labute approximate surface area is 134 Å². The van der Waals surface area contributed by atoms with Crippen molar-refractivity contribution in [3.8, 4) is 0 Å². The van der Waals surface area contributed by atoms with Crippen molar-refractivity contribution in [3.05, 3.63) is 35.9 Å². The third-order valence-corrected chi connectivity index (χ3v) is 4.25. The third kappa shape index (κ3) is 5.01. The van der Waals surface area contributed by atoms with E-state index in [9.17, 15) is 4.79 Å². The van der Waals surface area contributed by atoms with Crippen LogP contribution in [0.2, 0.25) is 0 Å². The van der Waals surface area contributed by atoms with Crippen molar-refractivity contribution in [3.63, 3.8) is 0 Å². The molecule has 2 rings (SSSR count). The van der Waals surface area contributed by atoms with Crippen LogP contribution in [0, 0.1) is 11.3 Å². The average molecular weight is 311 g/mol. The van der Waals surface area contributed by atoms with Crippen LogP contribution in [0.5, 0.6) is 0 Å². The predicted molar refractivity (Wildman–Crippen MR) is 89.8 cm³/mol. The summed E-state index contributed by atoms with van der Waals surface area (Å²) in [7, 11) is 0. The van der Waals surface area contributed by atoms with Crippen LogP contribution in [0.4, 0.5) is 0 Å². The number of benzene rings is 1. The van der Waals surface area contributed by atoms with Gasteiger partial charge >= 0.3 is 0 Å². The Kier molecular flexibility index (Phi) is 6.69. The van der Waals surface area contributed by atoms with Gasteiger partial charge in [-0.3, -0.25) is 4.79 Å². The molecule has 0 spiro atoms. The fourth-order valence-electron chi connectivity index (χ4n) is 2.73. The molecule has 1 aromatic carbocycles. The van der Waals surface area contributed by atoms with E-state index >= 15 is 0 Å². The average Bonchev–Trinajstić information content (AvgIpc) is 2.42. The molecule has 3 nitrogen and oxygen atoms in total. The first kappa shape index (κ1) is 18.0. The molecular formula is C17H27ClN2O. The zero-order valence-corrected chi connectivity index (χ0v) is 14.0. The number of hydrogen-bond acceptors (Lipinski definition) is 2. The lowest BCUT2D eigenvalue weighted by Gasteiger charge is -2.33. The van der Waals surface area contributed by atoms with Crippen LogP contribution >= 0.6 is 12.4 Å². The molecule has 2 atom stereocenters. The Morgan fingerprint density at radius 1 is 1.33 bits per heavy atom. The molecule has 1 saturated heterocycles. The van der Waals surface area contributed by atoms with E-state index in [1.807, 2.05) is 32.0 Å². The first-order chi connectivity index (χ1) is 9.49. The first-order valence-electron chi connectivity index (χ1n) is 7.54. The van der Waals surface area contributed by atoms with E-state index in [-0.39, 0.29) is 29.8 Å². The highest BCUT2D eigenvalue weighted by Gasteiger charge is 2.31. The molecule has 21 heavy (non-hydrogen) atoms. The predicted octanol–water partition coefficient (Wildman–Crippen LogP) is 2.79. The van der Waals surface area contributed by atoms with Gasteiger partial charge in [-0.2, -0.15) is 0 Å². The summed E-state index contributed by atoms with van der Waals surface area (Å²) in [6, 6.07) is 10.5. The van der Waals surface area contributed by atoms with E-state index in [2.05, 4.69) is 29.7 Å². The minimum atomic E-state index is -0.376. The van der Waals surface area contributed by atoms with Gasteiger partial charge in [0.2, 0.25) is 5.91 Å². The zero-order chi connectivity index (χ0) is 14.6. The number of nitrogens with one attached hydrogen (secondary N) is 2. The first-order valence-corrected chi connectivity index (χ1v) is 7.54. The van der Waals surface area contributed by atoms with Crippen molar-refractivity contribution in [1.82, 2.24) is 10.6 Å². The van der Waals surface area contributed by atoms with Crippen molar-refractivity contribution in [2.45, 2.75) is 39.7 Å². The molecular weight excluding hydrogens is 284 g/mol. The lowest BCUT2D eigenvalue weighted by atomic mass is 9.84. The van der Waals surface area contributed by atoms with Gasteiger partial charge in [0, 0.05) is 18.0 Å². The molecule has 1 aliphatic rings. The molecule has 0 aliphatic carbocycles. The van der Waals surface area contributed by atoms with Gasteiger partial charge in [0.25, 0.3) is 0 Å². The molecule has 1 heterocycles.